The Morgan fingerprint density at radius 1 is 1.12 bits per heavy atom. The van der Waals surface area contributed by atoms with Crippen LogP contribution in [0, 0.1) is 17.0 Å². The molecule has 2 N–H and O–H groups in total. The number of halogens is 2. The van der Waals surface area contributed by atoms with Crippen LogP contribution in [0.3, 0.4) is 0 Å². The zero-order valence-electron chi connectivity index (χ0n) is 21.9. The first-order chi connectivity index (χ1) is 19.2. The highest BCUT2D eigenvalue weighted by Crippen LogP contribution is 2.49. The molecule has 2 amide bonds. The van der Waals surface area contributed by atoms with E-state index >= 15 is 4.39 Å². The molecule has 9 nitrogen and oxygen atoms in total. The van der Waals surface area contributed by atoms with Gasteiger partial charge in [0.15, 0.2) is 11.6 Å². The van der Waals surface area contributed by atoms with Gasteiger partial charge in [0.05, 0.1) is 24.5 Å². The number of methoxy groups -OCH3 is 1. The van der Waals surface area contributed by atoms with Gasteiger partial charge in [-0.2, -0.15) is 5.10 Å². The normalized spacial score (nSPS) is 14.4. The Bertz CT molecular complexity index is 1550. The first-order valence-electron chi connectivity index (χ1n) is 12.5. The Hall–Kier alpha value is -4.64. The maximum Gasteiger partial charge on any atom is 0.243 e. The summed E-state index contributed by atoms with van der Waals surface area (Å²) in [5, 5.41) is 4.13. The summed E-state index contributed by atoms with van der Waals surface area (Å²) in [5.41, 5.74) is 6.29. The third-order valence-corrected chi connectivity index (χ3v) is 6.89. The van der Waals surface area contributed by atoms with E-state index in [1.807, 2.05) is 0 Å². The number of aromatic nitrogens is 3. The highest BCUT2D eigenvalue weighted by atomic mass is 19.1. The summed E-state index contributed by atoms with van der Waals surface area (Å²) >= 11 is 0. The van der Waals surface area contributed by atoms with E-state index in [1.54, 1.807) is 42.5 Å². The van der Waals surface area contributed by atoms with Crippen molar-refractivity contribution in [2.24, 2.45) is 18.2 Å². The summed E-state index contributed by atoms with van der Waals surface area (Å²) in [4.78, 5) is 31.7. The number of anilines is 1. The maximum absolute atomic E-state index is 15.5. The van der Waals surface area contributed by atoms with Gasteiger partial charge in [0, 0.05) is 49.9 Å². The summed E-state index contributed by atoms with van der Waals surface area (Å²) in [6, 6.07) is 12.1. The largest absolute Gasteiger partial charge is 0.454 e. The monoisotopic (exact) mass is 547 g/mol. The van der Waals surface area contributed by atoms with Crippen molar-refractivity contribution in [2.45, 2.75) is 18.9 Å². The molecule has 2 aromatic heterocycles. The number of carbonyl (C=O) groups is 2. The fraction of sp³-hybridized carbons (Fsp3) is 0.241. The second-order valence-electron chi connectivity index (χ2n) is 9.64. The van der Waals surface area contributed by atoms with Gasteiger partial charge in [-0.25, -0.2) is 8.78 Å². The number of amides is 2. The van der Waals surface area contributed by atoms with Crippen LogP contribution in [0.15, 0.2) is 73.2 Å². The lowest BCUT2D eigenvalue weighted by Crippen LogP contribution is -2.46. The second kappa shape index (κ2) is 10.9. The fourth-order valence-electron chi connectivity index (χ4n) is 4.56. The number of aryl methyl sites for hydroxylation is 1. The zero-order chi connectivity index (χ0) is 28.4. The molecule has 0 bridgehead atoms. The third-order valence-electron chi connectivity index (χ3n) is 6.89. The van der Waals surface area contributed by atoms with Crippen LogP contribution in [0.5, 0.6) is 11.5 Å². The Morgan fingerprint density at radius 2 is 1.88 bits per heavy atom. The van der Waals surface area contributed by atoms with Crippen molar-refractivity contribution < 1.29 is 27.8 Å². The number of ether oxygens (including phenoxy) is 2. The molecule has 0 spiro atoms. The molecule has 2 heterocycles. The van der Waals surface area contributed by atoms with E-state index in [0.717, 1.165) is 11.6 Å². The van der Waals surface area contributed by atoms with Gasteiger partial charge >= 0.3 is 0 Å². The lowest BCUT2D eigenvalue weighted by atomic mass is 9.99. The summed E-state index contributed by atoms with van der Waals surface area (Å²) < 4.78 is 42.0. The summed E-state index contributed by atoms with van der Waals surface area (Å²) in [5.74, 6) is -2.25. The Kier molecular flexibility index (Phi) is 7.31. The number of hydrogen-bond donors (Lipinski definition) is 1. The first-order valence-corrected chi connectivity index (χ1v) is 12.5. The number of primary amides is 1. The minimum Gasteiger partial charge on any atom is -0.454 e. The van der Waals surface area contributed by atoms with E-state index in [9.17, 15) is 14.0 Å². The van der Waals surface area contributed by atoms with E-state index in [2.05, 4.69) is 10.1 Å². The van der Waals surface area contributed by atoms with Crippen LogP contribution in [0.2, 0.25) is 0 Å². The Morgan fingerprint density at radius 3 is 2.48 bits per heavy atom. The van der Waals surface area contributed by atoms with Crippen molar-refractivity contribution >= 4 is 17.5 Å². The lowest BCUT2D eigenvalue weighted by Gasteiger charge is -2.34. The highest BCUT2D eigenvalue weighted by Gasteiger charge is 2.58. The van der Waals surface area contributed by atoms with Crippen molar-refractivity contribution in [1.82, 2.24) is 14.8 Å². The van der Waals surface area contributed by atoms with Crippen molar-refractivity contribution in [3.05, 3.63) is 90.4 Å². The molecule has 4 aromatic rings. The van der Waals surface area contributed by atoms with Crippen molar-refractivity contribution in [3.8, 4) is 22.8 Å². The fourth-order valence-corrected chi connectivity index (χ4v) is 4.56. The molecule has 1 atom stereocenters. The first kappa shape index (κ1) is 26.9. The Labute approximate surface area is 229 Å². The number of nitrogens with two attached hydrogens (primary N) is 1. The summed E-state index contributed by atoms with van der Waals surface area (Å²) in [7, 11) is 3.24. The van der Waals surface area contributed by atoms with Crippen molar-refractivity contribution in [1.29, 1.82) is 0 Å². The van der Waals surface area contributed by atoms with Crippen LogP contribution in [0.1, 0.15) is 24.4 Å². The number of pyridine rings is 1. The SMILES string of the molecule is COC[C@@H](c1ccc(F)cc1)N(C(=O)C1(C(N)=O)CC1)c1ccc(Oc2ccnc(-c3cnn(C)c3)c2)c(F)c1. The number of benzene rings is 2. The van der Waals surface area contributed by atoms with E-state index < -0.39 is 34.9 Å². The van der Waals surface area contributed by atoms with Gasteiger partial charge in [0.25, 0.3) is 0 Å². The van der Waals surface area contributed by atoms with Crippen LogP contribution < -0.4 is 15.4 Å². The maximum atomic E-state index is 15.5. The van der Waals surface area contributed by atoms with E-state index in [0.29, 0.717) is 17.0 Å². The minimum atomic E-state index is -1.39. The van der Waals surface area contributed by atoms with Gasteiger partial charge in [-0.15, -0.1) is 0 Å². The molecule has 206 valence electrons. The van der Waals surface area contributed by atoms with E-state index in [-0.39, 0.29) is 30.9 Å². The molecule has 1 saturated carbocycles. The molecule has 0 radical (unpaired) electrons. The molecular formula is C29H27F2N5O4. The molecule has 0 unspecified atom stereocenters. The molecule has 1 fully saturated rings. The van der Waals surface area contributed by atoms with Crippen LogP contribution in [0.25, 0.3) is 11.3 Å². The van der Waals surface area contributed by atoms with E-state index in [4.69, 9.17) is 15.2 Å². The van der Waals surface area contributed by atoms with Crippen molar-refractivity contribution in [2.75, 3.05) is 18.6 Å². The van der Waals surface area contributed by atoms with Crippen LogP contribution in [0.4, 0.5) is 14.5 Å². The number of hydrogen-bond acceptors (Lipinski definition) is 6. The number of nitrogens with zero attached hydrogens (tertiary/aromatic N) is 4. The molecule has 0 saturated heterocycles. The molecule has 5 rings (SSSR count). The third kappa shape index (κ3) is 5.28. The molecule has 1 aliphatic rings. The smallest absolute Gasteiger partial charge is 0.243 e. The molecule has 0 aliphatic heterocycles. The van der Waals surface area contributed by atoms with Crippen LogP contribution >= 0.6 is 0 Å². The average Bonchev–Trinajstić information content (AvgIpc) is 3.65. The highest BCUT2D eigenvalue weighted by molar-refractivity contribution is 6.14. The predicted octanol–water partition coefficient (Wildman–Crippen LogP) is 4.54. The van der Waals surface area contributed by atoms with E-state index in [1.165, 1.54) is 48.4 Å². The number of rotatable bonds is 10. The van der Waals surface area contributed by atoms with Gasteiger partial charge in [-0.1, -0.05) is 12.1 Å². The standard InChI is InChI=1S/C29H27F2N5O4/c1-35-16-19(15-34-35)24-14-22(9-12-33-24)40-26-8-7-21(13-23(26)31)36(28(38)29(10-11-29)27(32)37)25(17-39-2)18-3-5-20(30)6-4-18/h3-9,12-16,25H,10-11,17H2,1-2H3,(H2,32,37)/t25-/m0/s1. The van der Waals surface area contributed by atoms with Crippen molar-refractivity contribution in [3.63, 3.8) is 0 Å². The van der Waals surface area contributed by atoms with Gasteiger partial charge in [0.1, 0.15) is 17.0 Å². The van der Waals surface area contributed by atoms with Gasteiger partial charge in [-0.3, -0.25) is 19.3 Å². The van der Waals surface area contributed by atoms with Crippen LogP contribution in [-0.2, 0) is 21.4 Å². The quantitative estimate of drug-likeness (QED) is 0.292. The van der Waals surface area contributed by atoms with Gasteiger partial charge in [-0.05, 0) is 48.7 Å². The summed E-state index contributed by atoms with van der Waals surface area (Å²) in [6.45, 7) is 0.000218. The predicted molar refractivity (Wildman–Crippen MR) is 142 cm³/mol. The summed E-state index contributed by atoms with van der Waals surface area (Å²) in [6.07, 6.45) is 5.56. The Balaban J connectivity index is 1.50. The van der Waals surface area contributed by atoms with Gasteiger partial charge in [0.2, 0.25) is 11.8 Å². The lowest BCUT2D eigenvalue weighted by molar-refractivity contribution is -0.134. The molecule has 11 heteroatoms. The molecule has 1 aliphatic carbocycles. The number of carbonyl (C=O) groups excluding carboxylic acids is 2. The van der Waals surface area contributed by atoms with Gasteiger partial charge < -0.3 is 20.1 Å². The zero-order valence-corrected chi connectivity index (χ0v) is 21.9. The molecule has 40 heavy (non-hydrogen) atoms. The minimum absolute atomic E-state index is 0.000218. The van der Waals surface area contributed by atoms with Crippen LogP contribution in [-0.4, -0.2) is 40.3 Å². The molecule has 2 aromatic carbocycles. The average molecular weight is 548 g/mol. The topological polar surface area (TPSA) is 113 Å². The second-order valence-corrected chi connectivity index (χ2v) is 9.64. The molecular weight excluding hydrogens is 520 g/mol.